The van der Waals surface area contributed by atoms with Crippen molar-refractivity contribution in [3.63, 3.8) is 0 Å². The molecule has 0 saturated carbocycles. The van der Waals surface area contributed by atoms with E-state index in [2.05, 4.69) is 5.32 Å². The molecule has 0 aliphatic carbocycles. The van der Waals surface area contributed by atoms with Crippen LogP contribution in [0.15, 0.2) is 48.2 Å². The monoisotopic (exact) mass is 424 g/mol. The number of benzene rings is 2. The molecule has 0 bridgehead atoms. The van der Waals surface area contributed by atoms with E-state index in [9.17, 15) is 9.59 Å². The molecule has 164 valence electrons. The molecule has 0 unspecified atom stereocenters. The highest BCUT2D eigenvalue weighted by Gasteiger charge is 2.39. The molecule has 0 radical (unpaired) electrons. The Bertz CT molecular complexity index is 996. The molecule has 0 fully saturated rings. The molecule has 0 aromatic heterocycles. The number of methoxy groups -OCH3 is 2. The zero-order valence-electron chi connectivity index (χ0n) is 18.5. The highest BCUT2D eigenvalue weighted by Crippen LogP contribution is 2.34. The Kier molecular flexibility index (Phi) is 6.97. The van der Waals surface area contributed by atoms with Gasteiger partial charge in [0.05, 0.1) is 39.0 Å². The molecule has 2 amide bonds. The molecule has 1 heterocycles. The van der Waals surface area contributed by atoms with E-state index in [1.54, 1.807) is 32.4 Å². The van der Waals surface area contributed by atoms with E-state index in [-0.39, 0.29) is 36.8 Å². The number of hydrogen-bond donors (Lipinski definition) is 1. The fraction of sp³-hybridized carbons (Fsp3) is 0.333. The molecule has 0 atom stereocenters. The number of hydrogen-bond acceptors (Lipinski definition) is 6. The van der Waals surface area contributed by atoms with Gasteiger partial charge in [-0.15, -0.1) is 0 Å². The van der Waals surface area contributed by atoms with Gasteiger partial charge in [0, 0.05) is 11.8 Å². The number of imide groups is 1. The summed E-state index contributed by atoms with van der Waals surface area (Å²) in [7, 11) is 3.10. The maximum Gasteiger partial charge on any atom is 0.278 e. The van der Waals surface area contributed by atoms with Crippen molar-refractivity contribution in [2.24, 2.45) is 0 Å². The van der Waals surface area contributed by atoms with Crippen molar-refractivity contribution in [3.05, 3.63) is 59.3 Å². The number of nitrogens with one attached hydrogen (secondary N) is 1. The maximum atomic E-state index is 13.2. The minimum absolute atomic E-state index is 0.0155. The number of nitrogens with zero attached hydrogens (tertiary/aromatic N) is 1. The van der Waals surface area contributed by atoms with E-state index in [4.69, 9.17) is 14.2 Å². The predicted octanol–water partition coefficient (Wildman–Crippen LogP) is 3.63. The van der Waals surface area contributed by atoms with Crippen LogP contribution in [0.25, 0.3) is 5.57 Å². The van der Waals surface area contributed by atoms with E-state index < -0.39 is 0 Å². The van der Waals surface area contributed by atoms with Crippen molar-refractivity contribution in [3.8, 4) is 11.5 Å². The van der Waals surface area contributed by atoms with Gasteiger partial charge < -0.3 is 19.5 Å². The first kappa shape index (κ1) is 22.4. The number of carbonyl (C=O) groups excluding carboxylic acids is 2. The lowest BCUT2D eigenvalue weighted by atomic mass is 10.0. The van der Waals surface area contributed by atoms with Gasteiger partial charge in [0.15, 0.2) is 11.5 Å². The molecule has 0 saturated heterocycles. The number of aryl methyl sites for hydroxylation is 1. The van der Waals surface area contributed by atoms with Crippen LogP contribution in [0.3, 0.4) is 0 Å². The van der Waals surface area contributed by atoms with Gasteiger partial charge in [0.2, 0.25) is 0 Å². The Balaban J connectivity index is 1.97. The average Bonchev–Trinajstić information content (AvgIpc) is 2.98. The Morgan fingerprint density at radius 1 is 0.935 bits per heavy atom. The van der Waals surface area contributed by atoms with Crippen LogP contribution in [0.2, 0.25) is 0 Å². The number of ether oxygens (including phenoxy) is 3. The fourth-order valence-corrected chi connectivity index (χ4v) is 3.32. The molecule has 0 spiro atoms. The molecule has 2 aromatic rings. The third kappa shape index (κ3) is 4.88. The number of anilines is 1. The summed E-state index contributed by atoms with van der Waals surface area (Å²) in [6.45, 7) is 6.25. The Morgan fingerprint density at radius 2 is 1.61 bits per heavy atom. The van der Waals surface area contributed by atoms with Crippen molar-refractivity contribution in [1.82, 2.24) is 4.90 Å². The van der Waals surface area contributed by atoms with Crippen molar-refractivity contribution in [2.75, 3.05) is 32.7 Å². The molecule has 3 rings (SSSR count). The summed E-state index contributed by atoms with van der Waals surface area (Å²) in [5.41, 5.74) is 2.92. The molecule has 1 aliphatic rings. The van der Waals surface area contributed by atoms with E-state index in [1.807, 2.05) is 45.0 Å². The Labute approximate surface area is 182 Å². The van der Waals surface area contributed by atoms with Crippen molar-refractivity contribution in [1.29, 1.82) is 0 Å². The molecule has 1 aliphatic heterocycles. The van der Waals surface area contributed by atoms with Crippen LogP contribution in [-0.2, 0) is 14.3 Å². The van der Waals surface area contributed by atoms with Crippen LogP contribution >= 0.6 is 0 Å². The van der Waals surface area contributed by atoms with Crippen molar-refractivity contribution >= 4 is 23.1 Å². The first-order chi connectivity index (χ1) is 14.8. The zero-order chi connectivity index (χ0) is 22.5. The molecular formula is C24H28N2O5. The van der Waals surface area contributed by atoms with Gasteiger partial charge in [-0.25, -0.2) is 0 Å². The Hall–Kier alpha value is -3.32. The lowest BCUT2D eigenvalue weighted by molar-refractivity contribution is -0.137. The normalized spacial score (nSPS) is 13.9. The molecule has 2 aromatic carbocycles. The van der Waals surface area contributed by atoms with Gasteiger partial charge >= 0.3 is 0 Å². The molecule has 7 nitrogen and oxygen atoms in total. The summed E-state index contributed by atoms with van der Waals surface area (Å²) in [5, 5.41) is 3.13. The van der Waals surface area contributed by atoms with Gasteiger partial charge in [-0.05, 0) is 38.5 Å². The quantitative estimate of drug-likeness (QED) is 0.620. The van der Waals surface area contributed by atoms with Crippen molar-refractivity contribution in [2.45, 2.75) is 26.9 Å². The standard InChI is InChI=1S/C24H28N2O5/c1-15(2)31-13-12-26-23(27)21(17-8-6-16(3)7-9-17)22(24(26)28)25-18-10-11-19(29-4)20(14-18)30-5/h6-11,14-15,25H,12-13H2,1-5H3. The van der Waals surface area contributed by atoms with Gasteiger partial charge in [-0.1, -0.05) is 29.8 Å². The topological polar surface area (TPSA) is 77.1 Å². The van der Waals surface area contributed by atoms with Crippen LogP contribution in [0.1, 0.15) is 25.0 Å². The SMILES string of the molecule is COc1ccc(NC2=C(c3ccc(C)cc3)C(=O)N(CCOC(C)C)C2=O)cc1OC. The number of rotatable bonds is 9. The first-order valence-corrected chi connectivity index (χ1v) is 10.1. The van der Waals surface area contributed by atoms with Crippen LogP contribution in [0, 0.1) is 6.92 Å². The second kappa shape index (κ2) is 9.66. The average molecular weight is 424 g/mol. The summed E-state index contributed by atoms with van der Waals surface area (Å²) in [6.07, 6.45) is 0.0155. The third-order valence-corrected chi connectivity index (χ3v) is 4.93. The predicted molar refractivity (Wildman–Crippen MR) is 119 cm³/mol. The fourth-order valence-electron chi connectivity index (χ4n) is 3.32. The molecule has 31 heavy (non-hydrogen) atoms. The van der Waals surface area contributed by atoms with Crippen LogP contribution in [0.5, 0.6) is 11.5 Å². The summed E-state index contributed by atoms with van der Waals surface area (Å²) in [6, 6.07) is 12.8. The highest BCUT2D eigenvalue weighted by molar-refractivity contribution is 6.36. The minimum Gasteiger partial charge on any atom is -0.493 e. The maximum absolute atomic E-state index is 13.2. The minimum atomic E-state index is -0.386. The van der Waals surface area contributed by atoms with Gasteiger partial charge in [-0.3, -0.25) is 14.5 Å². The smallest absolute Gasteiger partial charge is 0.278 e. The van der Waals surface area contributed by atoms with E-state index >= 15 is 0 Å². The molecule has 1 N–H and O–H groups in total. The molecule has 7 heteroatoms. The second-order valence-electron chi connectivity index (χ2n) is 7.49. The highest BCUT2D eigenvalue weighted by atomic mass is 16.5. The van der Waals surface area contributed by atoms with Gasteiger partial charge in [-0.2, -0.15) is 0 Å². The lowest BCUT2D eigenvalue weighted by Crippen LogP contribution is -2.35. The third-order valence-electron chi connectivity index (χ3n) is 4.93. The Morgan fingerprint density at radius 3 is 2.23 bits per heavy atom. The van der Waals surface area contributed by atoms with E-state index in [0.29, 0.717) is 28.3 Å². The lowest BCUT2D eigenvalue weighted by Gasteiger charge is -2.16. The van der Waals surface area contributed by atoms with Crippen molar-refractivity contribution < 1.29 is 23.8 Å². The summed E-state index contributed by atoms with van der Waals surface area (Å²) in [4.78, 5) is 27.6. The summed E-state index contributed by atoms with van der Waals surface area (Å²) in [5.74, 6) is 0.359. The largest absolute Gasteiger partial charge is 0.493 e. The van der Waals surface area contributed by atoms with Crippen LogP contribution in [-0.4, -0.2) is 50.2 Å². The first-order valence-electron chi connectivity index (χ1n) is 10.1. The number of carbonyl (C=O) groups is 2. The second-order valence-corrected chi connectivity index (χ2v) is 7.49. The zero-order valence-corrected chi connectivity index (χ0v) is 18.5. The summed E-state index contributed by atoms with van der Waals surface area (Å²) < 4.78 is 16.2. The van der Waals surface area contributed by atoms with Gasteiger partial charge in [0.1, 0.15) is 5.70 Å². The van der Waals surface area contributed by atoms with Gasteiger partial charge in [0.25, 0.3) is 11.8 Å². The van der Waals surface area contributed by atoms with Crippen LogP contribution in [0.4, 0.5) is 5.69 Å². The number of amides is 2. The van der Waals surface area contributed by atoms with E-state index in [1.165, 1.54) is 4.90 Å². The van der Waals surface area contributed by atoms with Crippen LogP contribution < -0.4 is 14.8 Å². The molecular weight excluding hydrogens is 396 g/mol. The van der Waals surface area contributed by atoms with E-state index in [0.717, 1.165) is 5.56 Å². The summed E-state index contributed by atoms with van der Waals surface area (Å²) >= 11 is 0.